The Kier molecular flexibility index (Phi) is 3.97. The molecule has 0 aromatic heterocycles. The summed E-state index contributed by atoms with van der Waals surface area (Å²) in [6.45, 7) is 9.40. The molecule has 1 aliphatic carbocycles. The van der Waals surface area contributed by atoms with Gasteiger partial charge in [0, 0.05) is 10.3 Å². The predicted octanol–water partition coefficient (Wildman–Crippen LogP) is 3.72. The van der Waals surface area contributed by atoms with Gasteiger partial charge >= 0.3 is 6.16 Å². The summed E-state index contributed by atoms with van der Waals surface area (Å²) < 4.78 is 10.4. The van der Waals surface area contributed by atoms with Crippen LogP contribution in [0.15, 0.2) is 23.1 Å². The van der Waals surface area contributed by atoms with Crippen LogP contribution < -0.4 is 0 Å². The van der Waals surface area contributed by atoms with Crippen LogP contribution in [0.1, 0.15) is 34.6 Å². The summed E-state index contributed by atoms with van der Waals surface area (Å²) in [4.78, 5) is 12.5. The van der Waals surface area contributed by atoms with Crippen molar-refractivity contribution in [2.24, 2.45) is 5.41 Å². The highest BCUT2D eigenvalue weighted by Crippen LogP contribution is 2.33. The maximum atomic E-state index is 11.6. The van der Waals surface area contributed by atoms with E-state index >= 15 is 0 Å². The molecule has 0 radical (unpaired) electrons. The summed E-state index contributed by atoms with van der Waals surface area (Å²) in [6, 6.07) is 0. The van der Waals surface area contributed by atoms with Gasteiger partial charge in [-0.05, 0) is 32.9 Å². The number of carbonyl (C=O) groups excluding carboxylic acids is 1. The average Bonchev–Trinajstić information content (AvgIpc) is 2.05. The molecule has 0 fully saturated rings. The van der Waals surface area contributed by atoms with E-state index in [-0.39, 0.29) is 11.5 Å². The minimum Gasteiger partial charge on any atom is -0.429 e. The average molecular weight is 256 g/mol. The van der Waals surface area contributed by atoms with E-state index in [4.69, 9.17) is 9.47 Å². The molecule has 96 valence electrons. The van der Waals surface area contributed by atoms with Crippen LogP contribution in [-0.2, 0) is 9.47 Å². The number of ether oxygens (including phenoxy) is 2. The summed E-state index contributed by atoms with van der Waals surface area (Å²) >= 11 is 4.28. The van der Waals surface area contributed by atoms with Crippen molar-refractivity contribution in [3.63, 3.8) is 0 Å². The molecule has 1 aliphatic rings. The molecular weight excluding hydrogens is 236 g/mol. The highest BCUT2D eigenvalue weighted by Gasteiger charge is 2.32. The molecule has 4 heteroatoms. The Morgan fingerprint density at radius 2 is 2.00 bits per heavy atom. The molecule has 0 saturated heterocycles. The predicted molar refractivity (Wildman–Crippen MR) is 71.1 cm³/mol. The van der Waals surface area contributed by atoms with Crippen LogP contribution in [0.25, 0.3) is 0 Å². The Hall–Kier alpha value is -0.900. The maximum absolute atomic E-state index is 11.6. The minimum absolute atomic E-state index is 0.275. The highest BCUT2D eigenvalue weighted by atomic mass is 32.1. The Bertz CT molecular complexity index is 361. The zero-order chi connectivity index (χ0) is 13.3. The smallest absolute Gasteiger partial charge is 0.429 e. The zero-order valence-corrected chi connectivity index (χ0v) is 11.9. The Balaban J connectivity index is 2.65. The van der Waals surface area contributed by atoms with Crippen molar-refractivity contribution in [2.75, 3.05) is 0 Å². The second kappa shape index (κ2) is 4.77. The normalized spacial score (nSPS) is 22.9. The van der Waals surface area contributed by atoms with E-state index in [1.165, 1.54) is 0 Å². The van der Waals surface area contributed by atoms with Crippen LogP contribution in [-0.4, -0.2) is 17.9 Å². The topological polar surface area (TPSA) is 35.5 Å². The lowest BCUT2D eigenvalue weighted by Crippen LogP contribution is -2.35. The van der Waals surface area contributed by atoms with E-state index in [1.54, 1.807) is 0 Å². The molecule has 3 nitrogen and oxygen atoms in total. The lowest BCUT2D eigenvalue weighted by atomic mass is 9.83. The van der Waals surface area contributed by atoms with Crippen molar-refractivity contribution in [3.05, 3.63) is 23.1 Å². The van der Waals surface area contributed by atoms with Gasteiger partial charge in [-0.3, -0.25) is 0 Å². The standard InChI is InChI=1S/C13H20O3S/c1-12(2,3)16-11(14)15-10-7-6-9(17)8-13(10,4)5/h6-8,10,17H,1-5H3. The minimum atomic E-state index is -0.642. The van der Waals surface area contributed by atoms with Crippen LogP contribution in [0.5, 0.6) is 0 Å². The van der Waals surface area contributed by atoms with Crippen molar-refractivity contribution >= 4 is 18.8 Å². The molecule has 0 amide bonds. The first-order valence-electron chi connectivity index (χ1n) is 5.60. The molecule has 0 N–H and O–H groups in total. The van der Waals surface area contributed by atoms with E-state index in [0.29, 0.717) is 0 Å². The first-order valence-corrected chi connectivity index (χ1v) is 6.04. The van der Waals surface area contributed by atoms with Crippen LogP contribution in [0.3, 0.4) is 0 Å². The van der Waals surface area contributed by atoms with Crippen molar-refractivity contribution in [2.45, 2.75) is 46.3 Å². The zero-order valence-electron chi connectivity index (χ0n) is 11.0. The number of hydrogen-bond acceptors (Lipinski definition) is 4. The summed E-state index contributed by atoms with van der Waals surface area (Å²) in [5, 5.41) is 0. The lowest BCUT2D eigenvalue weighted by Gasteiger charge is -2.32. The fourth-order valence-corrected chi connectivity index (χ4v) is 1.93. The second-order valence-corrected chi connectivity index (χ2v) is 6.27. The molecule has 0 heterocycles. The van der Waals surface area contributed by atoms with Crippen LogP contribution in [0, 0.1) is 5.41 Å². The molecule has 0 aliphatic heterocycles. The molecule has 17 heavy (non-hydrogen) atoms. The molecular formula is C13H20O3S. The van der Waals surface area contributed by atoms with Crippen LogP contribution >= 0.6 is 12.6 Å². The van der Waals surface area contributed by atoms with Gasteiger partial charge in [-0.1, -0.05) is 19.9 Å². The summed E-state index contributed by atoms with van der Waals surface area (Å²) in [7, 11) is 0. The highest BCUT2D eigenvalue weighted by molar-refractivity contribution is 7.84. The number of allylic oxidation sites excluding steroid dienone is 1. The fourth-order valence-electron chi connectivity index (χ4n) is 1.51. The quantitative estimate of drug-likeness (QED) is 0.573. The fraction of sp³-hybridized carbons (Fsp3) is 0.615. The Morgan fingerprint density at radius 3 is 2.47 bits per heavy atom. The molecule has 1 rings (SSSR count). The second-order valence-electron chi connectivity index (χ2n) is 5.75. The van der Waals surface area contributed by atoms with E-state index in [2.05, 4.69) is 12.6 Å². The van der Waals surface area contributed by atoms with E-state index < -0.39 is 11.8 Å². The van der Waals surface area contributed by atoms with E-state index in [0.717, 1.165) is 4.91 Å². The van der Waals surface area contributed by atoms with Crippen LogP contribution in [0.2, 0.25) is 0 Å². The summed E-state index contributed by atoms with van der Waals surface area (Å²) in [5.74, 6) is 0. The van der Waals surface area contributed by atoms with E-state index in [9.17, 15) is 4.79 Å². The SMILES string of the molecule is CC(C)(C)OC(=O)OC1C=CC(S)=CC1(C)C. The third kappa shape index (κ3) is 4.46. The Morgan fingerprint density at radius 1 is 1.41 bits per heavy atom. The molecule has 0 bridgehead atoms. The molecule has 0 aromatic rings. The number of carbonyl (C=O) groups is 1. The maximum Gasteiger partial charge on any atom is 0.509 e. The van der Waals surface area contributed by atoms with Gasteiger partial charge in [0.2, 0.25) is 0 Å². The van der Waals surface area contributed by atoms with Crippen molar-refractivity contribution < 1.29 is 14.3 Å². The largest absolute Gasteiger partial charge is 0.509 e. The molecule has 1 atom stereocenters. The monoisotopic (exact) mass is 256 g/mol. The summed E-state index contributed by atoms with van der Waals surface area (Å²) in [5.41, 5.74) is -0.813. The van der Waals surface area contributed by atoms with Gasteiger partial charge in [-0.2, -0.15) is 0 Å². The van der Waals surface area contributed by atoms with Gasteiger partial charge in [0.1, 0.15) is 11.7 Å². The van der Waals surface area contributed by atoms with Crippen LogP contribution in [0.4, 0.5) is 4.79 Å². The third-order valence-corrected chi connectivity index (χ3v) is 2.59. The number of thiol groups is 1. The first kappa shape index (κ1) is 14.2. The summed E-state index contributed by atoms with van der Waals surface area (Å²) in [6.07, 6.45) is 4.64. The third-order valence-electron chi connectivity index (χ3n) is 2.31. The van der Waals surface area contributed by atoms with Gasteiger partial charge in [0.15, 0.2) is 0 Å². The van der Waals surface area contributed by atoms with Gasteiger partial charge < -0.3 is 9.47 Å². The molecule has 0 saturated carbocycles. The van der Waals surface area contributed by atoms with Crippen molar-refractivity contribution in [1.82, 2.24) is 0 Å². The molecule has 0 aromatic carbocycles. The van der Waals surface area contributed by atoms with Gasteiger partial charge in [-0.15, -0.1) is 12.6 Å². The molecule has 0 spiro atoms. The van der Waals surface area contributed by atoms with Crippen molar-refractivity contribution in [3.8, 4) is 0 Å². The van der Waals surface area contributed by atoms with Gasteiger partial charge in [0.05, 0.1) is 0 Å². The Labute approximate surface area is 108 Å². The number of rotatable bonds is 1. The molecule has 1 unspecified atom stereocenters. The first-order chi connectivity index (χ1) is 7.60. The lowest BCUT2D eigenvalue weighted by molar-refractivity contribution is -0.0341. The van der Waals surface area contributed by atoms with E-state index in [1.807, 2.05) is 52.8 Å². The van der Waals surface area contributed by atoms with Gasteiger partial charge in [0.25, 0.3) is 0 Å². The number of hydrogen-bond donors (Lipinski definition) is 1. The van der Waals surface area contributed by atoms with Gasteiger partial charge in [-0.25, -0.2) is 4.79 Å². The van der Waals surface area contributed by atoms with Crippen molar-refractivity contribution in [1.29, 1.82) is 0 Å².